The fraction of sp³-hybridized carbons (Fsp3) is 0.222. The predicted molar refractivity (Wildman–Crippen MR) is 144 cm³/mol. The highest BCUT2D eigenvalue weighted by atomic mass is 16.7. The van der Waals surface area contributed by atoms with E-state index in [9.17, 15) is 24.9 Å². The zero-order valence-corrected chi connectivity index (χ0v) is 21.5. The summed E-state index contributed by atoms with van der Waals surface area (Å²) in [4.78, 5) is 42.9. The molecule has 0 atom stereocenters. The van der Waals surface area contributed by atoms with Gasteiger partial charge in [0, 0.05) is 48.2 Å². The minimum atomic E-state index is -0.518. The SMILES string of the molecule is Cc1cc([N+](=O)[O-])ccc1O/N=[N+](\[O-])N1CCN(C(=O)c2cccc(Cc3n[nH]c(=O)c4ccccc34)c2)CC1. The predicted octanol–water partition coefficient (Wildman–Crippen LogP) is 3.36. The number of fused-ring (bicyclic) bond motifs is 1. The van der Waals surface area contributed by atoms with Crippen LogP contribution in [0.1, 0.15) is 27.2 Å². The highest BCUT2D eigenvalue weighted by Crippen LogP contribution is 2.23. The van der Waals surface area contributed by atoms with E-state index in [0.717, 1.165) is 10.9 Å². The molecule has 1 aliphatic rings. The van der Waals surface area contributed by atoms with Crippen molar-refractivity contribution in [2.24, 2.45) is 5.28 Å². The number of aromatic amines is 1. The van der Waals surface area contributed by atoms with E-state index in [1.807, 2.05) is 30.3 Å². The number of nitro groups is 1. The normalized spacial score (nSPS) is 13.9. The minimum Gasteiger partial charge on any atom is -0.569 e. The van der Waals surface area contributed by atoms with Crippen molar-refractivity contribution in [1.29, 1.82) is 0 Å². The number of H-pyrrole nitrogens is 1. The minimum absolute atomic E-state index is 0.0864. The van der Waals surface area contributed by atoms with Crippen LogP contribution in [0.25, 0.3) is 10.8 Å². The molecule has 13 heteroatoms. The first kappa shape index (κ1) is 26.3. The fourth-order valence-corrected chi connectivity index (χ4v) is 4.55. The van der Waals surface area contributed by atoms with Gasteiger partial charge < -0.3 is 14.9 Å². The molecule has 40 heavy (non-hydrogen) atoms. The highest BCUT2D eigenvalue weighted by molar-refractivity contribution is 5.94. The number of benzene rings is 3. The van der Waals surface area contributed by atoms with Crippen molar-refractivity contribution in [2.75, 3.05) is 26.2 Å². The number of carbonyl (C=O) groups excluding carboxylic acids is 1. The van der Waals surface area contributed by atoms with Gasteiger partial charge in [-0.05, 0) is 36.8 Å². The zero-order valence-electron chi connectivity index (χ0n) is 21.5. The highest BCUT2D eigenvalue weighted by Gasteiger charge is 2.26. The number of aromatic nitrogens is 2. The maximum absolute atomic E-state index is 13.2. The molecule has 0 unspecified atom stereocenters. The number of non-ortho nitro benzene ring substituents is 1. The van der Waals surface area contributed by atoms with E-state index >= 15 is 0 Å². The number of hydrogen-bond donors (Lipinski definition) is 1. The van der Waals surface area contributed by atoms with Crippen molar-refractivity contribution in [2.45, 2.75) is 13.3 Å². The van der Waals surface area contributed by atoms with E-state index in [2.05, 4.69) is 15.5 Å². The Morgan fingerprint density at radius 2 is 1.77 bits per heavy atom. The van der Waals surface area contributed by atoms with Gasteiger partial charge in [0.1, 0.15) is 0 Å². The molecule has 204 valence electrons. The Morgan fingerprint density at radius 3 is 2.50 bits per heavy atom. The van der Waals surface area contributed by atoms with E-state index in [1.165, 1.54) is 23.2 Å². The van der Waals surface area contributed by atoms with Crippen LogP contribution in [-0.2, 0) is 6.42 Å². The molecule has 0 bridgehead atoms. The lowest BCUT2D eigenvalue weighted by Crippen LogP contribution is -2.50. The fourth-order valence-electron chi connectivity index (χ4n) is 4.55. The van der Waals surface area contributed by atoms with Gasteiger partial charge in [-0.1, -0.05) is 30.3 Å². The largest absolute Gasteiger partial charge is 0.569 e. The van der Waals surface area contributed by atoms with Crippen molar-refractivity contribution in [3.63, 3.8) is 0 Å². The van der Waals surface area contributed by atoms with Crippen LogP contribution in [0.2, 0.25) is 0 Å². The van der Waals surface area contributed by atoms with Crippen molar-refractivity contribution in [3.05, 3.63) is 115 Å². The van der Waals surface area contributed by atoms with Gasteiger partial charge in [-0.25, -0.2) is 5.10 Å². The Kier molecular flexibility index (Phi) is 7.35. The number of nitro benzene ring substituents is 1. The second-order valence-corrected chi connectivity index (χ2v) is 9.30. The Morgan fingerprint density at radius 1 is 1.02 bits per heavy atom. The summed E-state index contributed by atoms with van der Waals surface area (Å²) in [7, 11) is 0. The summed E-state index contributed by atoms with van der Waals surface area (Å²) in [5.74, 6) is 0.0677. The number of nitrogens with zero attached hydrogens (tertiary/aromatic N) is 6. The number of piperazine rings is 1. The van der Waals surface area contributed by atoms with Gasteiger partial charge in [0.25, 0.3) is 17.2 Å². The van der Waals surface area contributed by atoms with Crippen LogP contribution in [0.15, 0.2) is 76.8 Å². The van der Waals surface area contributed by atoms with E-state index in [0.29, 0.717) is 46.7 Å². The van der Waals surface area contributed by atoms with Gasteiger partial charge in [0.2, 0.25) is 5.28 Å². The third-order valence-electron chi connectivity index (χ3n) is 6.68. The van der Waals surface area contributed by atoms with Gasteiger partial charge in [-0.15, -0.1) is 5.01 Å². The molecule has 0 aliphatic carbocycles. The Bertz CT molecular complexity index is 1680. The van der Waals surface area contributed by atoms with Crippen LogP contribution >= 0.6 is 0 Å². The maximum atomic E-state index is 13.2. The zero-order chi connectivity index (χ0) is 28.2. The molecule has 3 aromatic carbocycles. The monoisotopic (exact) mass is 543 g/mol. The van der Waals surface area contributed by atoms with E-state index in [1.54, 1.807) is 30.0 Å². The standard InChI is InChI=1S/C27H25N7O6/c1-18-15-21(33(37)38)9-10-25(18)40-30-34(39)32-13-11-31(12-14-32)27(36)20-6-4-5-19(16-20)17-24-22-7-2-3-8-23(22)26(35)29-28-24/h2-10,15-16H,11-14,17H2,1H3,(H,29,35)/b34-30-. The molecule has 13 nitrogen and oxygen atoms in total. The van der Waals surface area contributed by atoms with E-state index in [4.69, 9.17) is 4.84 Å². The molecule has 1 aliphatic heterocycles. The molecule has 1 aromatic heterocycles. The Hall–Kier alpha value is -5.33. The summed E-state index contributed by atoms with van der Waals surface area (Å²) in [6, 6.07) is 18.5. The molecule has 1 saturated heterocycles. The molecule has 4 aromatic rings. The molecule has 2 heterocycles. The number of rotatable bonds is 7. The lowest BCUT2D eigenvalue weighted by molar-refractivity contribution is -0.708. The second-order valence-electron chi connectivity index (χ2n) is 9.30. The topological polar surface area (TPSA) is 160 Å². The maximum Gasteiger partial charge on any atom is 0.272 e. The van der Waals surface area contributed by atoms with Crippen molar-refractivity contribution < 1.29 is 19.5 Å². The summed E-state index contributed by atoms with van der Waals surface area (Å²) in [5.41, 5.74) is 2.22. The van der Waals surface area contributed by atoms with Gasteiger partial charge in [0.15, 0.2) is 5.75 Å². The summed E-state index contributed by atoms with van der Waals surface area (Å²) in [5, 5.41) is 36.4. The molecular formula is C27H25N7O6. The first-order chi connectivity index (χ1) is 19.3. The van der Waals surface area contributed by atoms with Crippen LogP contribution in [-0.4, -0.2) is 62.1 Å². The second kappa shape index (κ2) is 11.2. The van der Waals surface area contributed by atoms with Crippen LogP contribution in [0.3, 0.4) is 0 Å². The van der Waals surface area contributed by atoms with Gasteiger partial charge in [-0.3, -0.25) is 19.7 Å². The summed E-state index contributed by atoms with van der Waals surface area (Å²) in [6.45, 7) is 2.72. The van der Waals surface area contributed by atoms with E-state index < -0.39 is 4.92 Å². The number of amides is 1. The van der Waals surface area contributed by atoms with Crippen molar-refractivity contribution in [3.8, 4) is 5.75 Å². The van der Waals surface area contributed by atoms with Crippen LogP contribution in [0, 0.1) is 22.2 Å². The van der Waals surface area contributed by atoms with E-state index in [-0.39, 0.29) is 36.0 Å². The summed E-state index contributed by atoms with van der Waals surface area (Å²) < 4.78 is 0. The molecule has 0 spiro atoms. The van der Waals surface area contributed by atoms with Crippen LogP contribution < -0.4 is 10.4 Å². The Labute approximate surface area is 227 Å². The van der Waals surface area contributed by atoms with Gasteiger partial charge in [0.05, 0.1) is 34.1 Å². The molecule has 1 fully saturated rings. The Balaban J connectivity index is 1.21. The number of carbonyl (C=O) groups is 1. The lowest BCUT2D eigenvalue weighted by atomic mass is 10.0. The molecule has 0 radical (unpaired) electrons. The smallest absolute Gasteiger partial charge is 0.272 e. The number of nitrogens with one attached hydrogen (secondary N) is 1. The number of hydrogen-bond acceptors (Lipinski definition) is 8. The molecular weight excluding hydrogens is 518 g/mol. The molecule has 1 amide bonds. The lowest BCUT2D eigenvalue weighted by Gasteiger charge is -2.31. The first-order valence-electron chi connectivity index (χ1n) is 12.5. The van der Waals surface area contributed by atoms with Crippen molar-refractivity contribution >= 4 is 22.4 Å². The average molecular weight is 544 g/mol. The summed E-state index contributed by atoms with van der Waals surface area (Å²) in [6.07, 6.45) is 0.438. The number of hydrazine groups is 1. The van der Waals surface area contributed by atoms with Gasteiger partial charge >= 0.3 is 0 Å². The molecule has 5 rings (SSSR count). The van der Waals surface area contributed by atoms with Gasteiger partial charge in [-0.2, -0.15) is 5.10 Å². The quantitative estimate of drug-likeness (QED) is 0.161. The number of aryl methyl sites for hydroxylation is 1. The average Bonchev–Trinajstić information content (AvgIpc) is 2.97. The van der Waals surface area contributed by atoms with Crippen LogP contribution in [0.5, 0.6) is 5.75 Å². The van der Waals surface area contributed by atoms with Crippen LogP contribution in [0.4, 0.5) is 5.69 Å². The molecule has 0 saturated carbocycles. The third-order valence-corrected chi connectivity index (χ3v) is 6.68. The third kappa shape index (κ3) is 5.57. The first-order valence-corrected chi connectivity index (χ1v) is 12.5. The summed E-state index contributed by atoms with van der Waals surface area (Å²) >= 11 is 0. The molecule has 1 N–H and O–H groups in total. The van der Waals surface area contributed by atoms with Crippen molar-refractivity contribution in [1.82, 2.24) is 20.1 Å².